The van der Waals surface area contributed by atoms with Crippen LogP contribution in [-0.4, -0.2) is 20.0 Å². The molecule has 0 fully saturated rings. The lowest BCUT2D eigenvalue weighted by Crippen LogP contribution is -1.94. The van der Waals surface area contributed by atoms with Gasteiger partial charge in [-0.3, -0.25) is 10.1 Å². The Morgan fingerprint density at radius 1 is 1.14 bits per heavy atom. The first-order valence-corrected chi connectivity index (χ1v) is 6.04. The first-order chi connectivity index (χ1) is 10.0. The fraction of sp³-hybridized carbons (Fsp3) is 0. The van der Waals surface area contributed by atoms with E-state index in [1.165, 1.54) is 12.1 Å². The average molecular weight is 282 g/mol. The van der Waals surface area contributed by atoms with Crippen molar-refractivity contribution in [3.05, 3.63) is 52.7 Å². The first-order valence-electron chi connectivity index (χ1n) is 6.04. The number of phenolic OH excluding ortho intramolecular Hbond substituents is 1. The minimum absolute atomic E-state index is 0.190. The number of hydrogen-bond acceptors (Lipinski definition) is 6. The summed E-state index contributed by atoms with van der Waals surface area (Å²) in [6.07, 6.45) is 1.59. The lowest BCUT2D eigenvalue weighted by atomic mass is 10.0. The summed E-state index contributed by atoms with van der Waals surface area (Å²) >= 11 is 0. The Bertz CT molecular complexity index is 864. The SMILES string of the molecule is Nc1ncc2cc(-c3ccc(O)c([N+](=O)[O-])c3)ccc2n1. The zero-order chi connectivity index (χ0) is 15.0. The molecule has 0 saturated carbocycles. The van der Waals surface area contributed by atoms with Crippen molar-refractivity contribution >= 4 is 22.5 Å². The minimum atomic E-state index is -0.621. The second kappa shape index (κ2) is 4.71. The van der Waals surface area contributed by atoms with E-state index in [9.17, 15) is 15.2 Å². The molecule has 3 aromatic rings. The van der Waals surface area contributed by atoms with Crippen LogP contribution >= 0.6 is 0 Å². The average Bonchev–Trinajstić information content (AvgIpc) is 2.47. The summed E-state index contributed by atoms with van der Waals surface area (Å²) in [7, 11) is 0. The number of fused-ring (bicyclic) bond motifs is 1. The van der Waals surface area contributed by atoms with E-state index in [4.69, 9.17) is 5.73 Å². The maximum Gasteiger partial charge on any atom is 0.311 e. The van der Waals surface area contributed by atoms with Gasteiger partial charge in [0.25, 0.3) is 0 Å². The van der Waals surface area contributed by atoms with Crippen LogP contribution in [0.3, 0.4) is 0 Å². The van der Waals surface area contributed by atoms with E-state index in [-0.39, 0.29) is 17.4 Å². The van der Waals surface area contributed by atoms with Crippen LogP contribution in [0.25, 0.3) is 22.0 Å². The number of nitro benzene ring substituents is 1. The van der Waals surface area contributed by atoms with E-state index >= 15 is 0 Å². The Morgan fingerprint density at radius 2 is 1.86 bits per heavy atom. The zero-order valence-corrected chi connectivity index (χ0v) is 10.7. The van der Waals surface area contributed by atoms with Crippen LogP contribution in [0.5, 0.6) is 5.75 Å². The second-order valence-corrected chi connectivity index (χ2v) is 4.46. The van der Waals surface area contributed by atoms with Gasteiger partial charge in [0.15, 0.2) is 5.75 Å². The van der Waals surface area contributed by atoms with Gasteiger partial charge < -0.3 is 10.8 Å². The highest BCUT2D eigenvalue weighted by molar-refractivity contribution is 5.85. The van der Waals surface area contributed by atoms with Crippen LogP contribution in [0.4, 0.5) is 11.6 Å². The molecule has 0 aliphatic carbocycles. The fourth-order valence-electron chi connectivity index (χ4n) is 2.08. The molecule has 21 heavy (non-hydrogen) atoms. The van der Waals surface area contributed by atoms with Gasteiger partial charge in [-0.05, 0) is 29.3 Å². The van der Waals surface area contributed by atoms with Gasteiger partial charge in [0, 0.05) is 17.6 Å². The number of anilines is 1. The number of hydrogen-bond donors (Lipinski definition) is 2. The predicted octanol–water partition coefficient (Wildman–Crippen LogP) is 2.49. The van der Waals surface area contributed by atoms with E-state index in [0.717, 1.165) is 10.9 Å². The lowest BCUT2D eigenvalue weighted by Gasteiger charge is -2.05. The van der Waals surface area contributed by atoms with Crippen molar-refractivity contribution in [3.63, 3.8) is 0 Å². The highest BCUT2D eigenvalue weighted by Crippen LogP contribution is 2.32. The summed E-state index contributed by atoms with van der Waals surface area (Å²) < 4.78 is 0. The van der Waals surface area contributed by atoms with E-state index in [2.05, 4.69) is 9.97 Å². The summed E-state index contributed by atoms with van der Waals surface area (Å²) in [5.41, 5.74) is 7.27. The predicted molar refractivity (Wildman–Crippen MR) is 77.7 cm³/mol. The molecular formula is C14H10N4O3. The van der Waals surface area contributed by atoms with Crippen molar-refractivity contribution in [2.45, 2.75) is 0 Å². The lowest BCUT2D eigenvalue weighted by molar-refractivity contribution is -0.385. The quantitative estimate of drug-likeness (QED) is 0.551. The molecule has 1 aromatic heterocycles. The molecule has 0 amide bonds. The maximum absolute atomic E-state index is 10.9. The Hall–Kier alpha value is -3.22. The topological polar surface area (TPSA) is 115 Å². The van der Waals surface area contributed by atoms with Gasteiger partial charge in [-0.25, -0.2) is 9.97 Å². The molecule has 0 bridgehead atoms. The summed E-state index contributed by atoms with van der Waals surface area (Å²) in [6.45, 7) is 0. The summed E-state index contributed by atoms with van der Waals surface area (Å²) in [4.78, 5) is 18.3. The second-order valence-electron chi connectivity index (χ2n) is 4.46. The molecule has 0 radical (unpaired) electrons. The Kier molecular flexibility index (Phi) is 2.87. The van der Waals surface area contributed by atoms with Crippen LogP contribution in [0, 0.1) is 10.1 Å². The van der Waals surface area contributed by atoms with Crippen LogP contribution in [-0.2, 0) is 0 Å². The maximum atomic E-state index is 10.9. The molecular weight excluding hydrogens is 272 g/mol. The van der Waals surface area contributed by atoms with E-state index < -0.39 is 4.92 Å². The molecule has 0 atom stereocenters. The molecule has 0 spiro atoms. The highest BCUT2D eigenvalue weighted by atomic mass is 16.6. The van der Waals surface area contributed by atoms with E-state index in [0.29, 0.717) is 11.1 Å². The number of nitrogen functional groups attached to an aromatic ring is 1. The minimum Gasteiger partial charge on any atom is -0.502 e. The molecule has 0 unspecified atom stereocenters. The third-order valence-corrected chi connectivity index (χ3v) is 3.10. The summed E-state index contributed by atoms with van der Waals surface area (Å²) in [5.74, 6) is -0.170. The van der Waals surface area contributed by atoms with Crippen molar-refractivity contribution < 1.29 is 10.0 Å². The highest BCUT2D eigenvalue weighted by Gasteiger charge is 2.14. The molecule has 104 valence electrons. The zero-order valence-electron chi connectivity index (χ0n) is 10.7. The number of aromatic nitrogens is 2. The van der Waals surface area contributed by atoms with Crippen molar-refractivity contribution in [1.29, 1.82) is 0 Å². The van der Waals surface area contributed by atoms with Gasteiger partial charge in [-0.1, -0.05) is 12.1 Å². The molecule has 3 N–H and O–H groups in total. The number of phenols is 1. The third kappa shape index (κ3) is 2.32. The number of nitro groups is 1. The summed E-state index contributed by atoms with van der Waals surface area (Å²) in [5, 5.41) is 21.1. The van der Waals surface area contributed by atoms with Crippen molar-refractivity contribution in [2.75, 3.05) is 5.73 Å². The molecule has 3 rings (SSSR count). The summed E-state index contributed by atoms with van der Waals surface area (Å²) in [6, 6.07) is 9.60. The molecule has 1 heterocycles. The number of benzene rings is 2. The van der Waals surface area contributed by atoms with Gasteiger partial charge in [0.1, 0.15) is 0 Å². The Balaban J connectivity index is 2.14. The van der Waals surface area contributed by atoms with Crippen LogP contribution < -0.4 is 5.73 Å². The molecule has 0 aliphatic heterocycles. The molecule has 2 aromatic carbocycles. The largest absolute Gasteiger partial charge is 0.502 e. The number of aromatic hydroxyl groups is 1. The van der Waals surface area contributed by atoms with Gasteiger partial charge in [0.2, 0.25) is 5.95 Å². The van der Waals surface area contributed by atoms with E-state index in [1.54, 1.807) is 24.4 Å². The fourth-order valence-corrected chi connectivity index (χ4v) is 2.08. The van der Waals surface area contributed by atoms with Gasteiger partial charge in [-0.15, -0.1) is 0 Å². The first kappa shape index (κ1) is 12.8. The smallest absolute Gasteiger partial charge is 0.311 e. The van der Waals surface area contributed by atoms with Crippen molar-refractivity contribution in [2.24, 2.45) is 0 Å². The van der Waals surface area contributed by atoms with Crippen LogP contribution in [0.1, 0.15) is 0 Å². The van der Waals surface area contributed by atoms with Gasteiger partial charge in [0.05, 0.1) is 10.4 Å². The van der Waals surface area contributed by atoms with Crippen molar-refractivity contribution in [3.8, 4) is 16.9 Å². The normalized spacial score (nSPS) is 10.7. The molecule has 0 saturated heterocycles. The van der Waals surface area contributed by atoms with Gasteiger partial charge >= 0.3 is 5.69 Å². The standard InChI is InChI=1S/C14H10N4O3/c15-14-16-7-10-5-8(1-3-11(10)17-14)9-2-4-13(19)12(6-9)18(20)21/h1-7,19H,(H2,15,16,17). The van der Waals surface area contributed by atoms with Gasteiger partial charge in [-0.2, -0.15) is 0 Å². The third-order valence-electron chi connectivity index (χ3n) is 3.10. The Morgan fingerprint density at radius 3 is 2.62 bits per heavy atom. The Labute approximate surface area is 118 Å². The molecule has 0 aliphatic rings. The van der Waals surface area contributed by atoms with E-state index in [1.807, 2.05) is 6.07 Å². The van der Waals surface area contributed by atoms with Crippen molar-refractivity contribution in [1.82, 2.24) is 9.97 Å². The molecule has 7 heteroatoms. The number of rotatable bonds is 2. The molecule has 7 nitrogen and oxygen atoms in total. The monoisotopic (exact) mass is 282 g/mol. The number of nitrogens with two attached hydrogens (primary N) is 1. The number of nitrogens with zero attached hydrogens (tertiary/aromatic N) is 3. The van der Waals surface area contributed by atoms with Crippen LogP contribution in [0.2, 0.25) is 0 Å². The van der Waals surface area contributed by atoms with Crippen LogP contribution in [0.15, 0.2) is 42.6 Å².